The molecule has 6 nitrogen and oxygen atoms in total. The van der Waals surface area contributed by atoms with Gasteiger partial charge in [-0.3, -0.25) is 14.4 Å². The second kappa shape index (κ2) is 53.2. The third kappa shape index (κ3) is 51.4. The Kier molecular flexibility index (Phi) is 50.4. The minimum atomic E-state index is -0.806. The number of ether oxygens (including phenoxy) is 3. The normalized spacial score (nSPS) is 12.7. The Bertz CT molecular complexity index is 1270. The molecule has 0 saturated heterocycles. The van der Waals surface area contributed by atoms with E-state index in [9.17, 15) is 14.4 Å². The molecular weight excluding hydrogens is 805 g/mol. The molecule has 0 fully saturated rings. The molecule has 0 spiro atoms. The Morgan fingerprint density at radius 3 is 0.938 bits per heavy atom. The highest BCUT2D eigenvalue weighted by Gasteiger charge is 2.19. The molecule has 0 rings (SSSR count). The summed E-state index contributed by atoms with van der Waals surface area (Å²) in [5, 5.41) is 0. The van der Waals surface area contributed by atoms with Gasteiger partial charge in [-0.2, -0.15) is 0 Å². The summed E-state index contributed by atoms with van der Waals surface area (Å²) in [7, 11) is 0. The van der Waals surface area contributed by atoms with E-state index < -0.39 is 6.10 Å². The summed E-state index contributed by atoms with van der Waals surface area (Å²) in [6.45, 7) is 6.51. The summed E-state index contributed by atoms with van der Waals surface area (Å²) >= 11 is 0. The van der Waals surface area contributed by atoms with E-state index in [0.29, 0.717) is 19.3 Å². The number of unbranched alkanes of at least 4 members (excludes halogenated alkanes) is 23. The number of hydrogen-bond donors (Lipinski definition) is 0. The Balaban J connectivity index is 4.50. The Morgan fingerprint density at radius 1 is 0.308 bits per heavy atom. The van der Waals surface area contributed by atoms with Crippen LogP contribution >= 0.6 is 0 Å². The van der Waals surface area contributed by atoms with Gasteiger partial charge in [0.2, 0.25) is 0 Å². The lowest BCUT2D eigenvalue weighted by molar-refractivity contribution is -0.167. The molecule has 0 aromatic heterocycles. The Hall–Kier alpha value is -3.41. The third-order valence-corrected chi connectivity index (χ3v) is 11.3. The van der Waals surface area contributed by atoms with Gasteiger partial charge in [0, 0.05) is 19.3 Å². The maximum Gasteiger partial charge on any atom is 0.306 e. The molecule has 0 aliphatic rings. The van der Waals surface area contributed by atoms with Crippen LogP contribution in [0.2, 0.25) is 0 Å². The minimum Gasteiger partial charge on any atom is -0.462 e. The van der Waals surface area contributed by atoms with Crippen LogP contribution in [-0.4, -0.2) is 37.2 Å². The van der Waals surface area contributed by atoms with E-state index in [1.54, 1.807) is 0 Å². The lowest BCUT2D eigenvalue weighted by Gasteiger charge is -2.18. The molecule has 0 saturated carbocycles. The lowest BCUT2D eigenvalue weighted by Crippen LogP contribution is -2.30. The van der Waals surface area contributed by atoms with E-state index in [2.05, 4.69) is 106 Å². The van der Waals surface area contributed by atoms with Gasteiger partial charge in [-0.25, -0.2) is 0 Å². The van der Waals surface area contributed by atoms with Crippen molar-refractivity contribution in [2.75, 3.05) is 13.2 Å². The van der Waals surface area contributed by atoms with Crippen molar-refractivity contribution in [2.24, 2.45) is 0 Å². The maximum absolute atomic E-state index is 12.8. The van der Waals surface area contributed by atoms with E-state index in [0.717, 1.165) is 96.3 Å². The molecule has 65 heavy (non-hydrogen) atoms. The summed E-state index contributed by atoms with van der Waals surface area (Å²) in [6.07, 6.45) is 68.5. The van der Waals surface area contributed by atoms with Crippen molar-refractivity contribution < 1.29 is 28.6 Å². The van der Waals surface area contributed by atoms with Crippen LogP contribution in [0.3, 0.4) is 0 Å². The monoisotopic (exact) mass is 905 g/mol. The molecule has 0 aliphatic heterocycles. The molecule has 0 N–H and O–H groups in total. The van der Waals surface area contributed by atoms with Crippen molar-refractivity contribution >= 4 is 17.9 Å². The number of hydrogen-bond acceptors (Lipinski definition) is 6. The van der Waals surface area contributed by atoms with Crippen LogP contribution in [0.25, 0.3) is 0 Å². The van der Waals surface area contributed by atoms with Crippen LogP contribution in [0, 0.1) is 0 Å². The average Bonchev–Trinajstić information content (AvgIpc) is 3.30. The van der Waals surface area contributed by atoms with Gasteiger partial charge in [0.15, 0.2) is 6.10 Å². The maximum atomic E-state index is 12.8. The van der Waals surface area contributed by atoms with E-state index in [4.69, 9.17) is 14.2 Å². The minimum absolute atomic E-state index is 0.100. The molecule has 0 amide bonds. The SMILES string of the molecule is CCCCC/C=C\C/C=C\C/C=C\CCCCCCC(=O)O[C@H](COC(=O)CCCC/C=C\C/C=C\C/C=C\CCCCC)COC(=O)CCCCCCCCC/C=C\CCCCCC. The van der Waals surface area contributed by atoms with Gasteiger partial charge < -0.3 is 14.2 Å². The number of carbonyl (C=O) groups excluding carboxylic acids is 3. The summed E-state index contributed by atoms with van der Waals surface area (Å²) in [5.41, 5.74) is 0. The number of rotatable bonds is 48. The van der Waals surface area contributed by atoms with Crippen molar-refractivity contribution in [3.8, 4) is 0 Å². The quantitative estimate of drug-likeness (QED) is 0.0262. The molecule has 0 aromatic carbocycles. The predicted octanol–water partition coefficient (Wildman–Crippen LogP) is 18.0. The van der Waals surface area contributed by atoms with Gasteiger partial charge in [-0.15, -0.1) is 0 Å². The van der Waals surface area contributed by atoms with Crippen LogP contribution < -0.4 is 0 Å². The zero-order chi connectivity index (χ0) is 47.2. The molecule has 0 radical (unpaired) electrons. The summed E-state index contributed by atoms with van der Waals surface area (Å²) in [4.78, 5) is 38.0. The van der Waals surface area contributed by atoms with Gasteiger partial charge in [-0.1, -0.05) is 196 Å². The van der Waals surface area contributed by atoms with E-state index in [-0.39, 0.29) is 31.1 Å². The summed E-state index contributed by atoms with van der Waals surface area (Å²) in [5.74, 6) is -0.965. The molecule has 0 aliphatic carbocycles. The van der Waals surface area contributed by atoms with Gasteiger partial charge in [0.1, 0.15) is 13.2 Å². The first-order valence-electron chi connectivity index (χ1n) is 27.1. The lowest BCUT2D eigenvalue weighted by atomic mass is 10.1. The summed E-state index contributed by atoms with van der Waals surface area (Å²) in [6, 6.07) is 0. The molecule has 1 atom stereocenters. The first-order valence-corrected chi connectivity index (χ1v) is 27.1. The van der Waals surface area contributed by atoms with Crippen molar-refractivity contribution in [1.29, 1.82) is 0 Å². The molecule has 0 bridgehead atoms. The first-order chi connectivity index (χ1) is 32.0. The van der Waals surface area contributed by atoms with Crippen molar-refractivity contribution in [2.45, 2.75) is 258 Å². The largest absolute Gasteiger partial charge is 0.462 e. The molecule has 0 heterocycles. The fraction of sp³-hybridized carbons (Fsp3) is 0.712. The number of allylic oxidation sites excluding steroid dienone is 14. The second-order valence-electron chi connectivity index (χ2n) is 17.8. The zero-order valence-electron chi connectivity index (χ0n) is 42.5. The standard InChI is InChI=1S/C59H100O6/c1-4-7-10-13-16-19-22-25-28-29-32-35-38-41-44-47-50-53-59(62)65-56(54-63-57(60)51-48-45-42-39-36-33-30-26-23-20-17-14-11-8-5-2)55-64-58(61)52-49-46-43-40-37-34-31-27-24-21-18-15-12-9-6-3/h16-17,19-21,24-26,28,30,32,35-36,39,56H,4-15,18,22-23,27,29,31,33-34,37-38,40-55H2,1-3H3/b19-16-,20-17-,24-21-,28-25-,30-26-,35-32-,39-36-/t56-/m1/s1. The van der Waals surface area contributed by atoms with Crippen LogP contribution in [0.1, 0.15) is 252 Å². The highest BCUT2D eigenvalue weighted by molar-refractivity contribution is 5.71. The molecule has 372 valence electrons. The molecular formula is C59H100O6. The van der Waals surface area contributed by atoms with Crippen molar-refractivity contribution in [3.63, 3.8) is 0 Å². The number of carbonyl (C=O) groups is 3. The van der Waals surface area contributed by atoms with Crippen LogP contribution in [0.5, 0.6) is 0 Å². The van der Waals surface area contributed by atoms with Crippen LogP contribution in [-0.2, 0) is 28.6 Å². The molecule has 0 aromatic rings. The van der Waals surface area contributed by atoms with E-state index >= 15 is 0 Å². The fourth-order valence-corrected chi connectivity index (χ4v) is 7.21. The Morgan fingerprint density at radius 2 is 0.554 bits per heavy atom. The van der Waals surface area contributed by atoms with Gasteiger partial charge in [0.05, 0.1) is 0 Å². The van der Waals surface area contributed by atoms with Gasteiger partial charge >= 0.3 is 17.9 Å². The van der Waals surface area contributed by atoms with Crippen LogP contribution in [0.15, 0.2) is 85.1 Å². The third-order valence-electron chi connectivity index (χ3n) is 11.3. The topological polar surface area (TPSA) is 78.9 Å². The fourth-order valence-electron chi connectivity index (χ4n) is 7.21. The van der Waals surface area contributed by atoms with Gasteiger partial charge in [0.25, 0.3) is 0 Å². The zero-order valence-corrected chi connectivity index (χ0v) is 42.5. The van der Waals surface area contributed by atoms with E-state index in [1.807, 2.05) is 0 Å². The second-order valence-corrected chi connectivity index (χ2v) is 17.8. The average molecular weight is 905 g/mol. The first kappa shape index (κ1) is 61.6. The highest BCUT2D eigenvalue weighted by Crippen LogP contribution is 2.13. The van der Waals surface area contributed by atoms with Crippen molar-refractivity contribution in [3.05, 3.63) is 85.1 Å². The Labute approximate surface area is 401 Å². The molecule has 6 heteroatoms. The molecule has 0 unspecified atom stereocenters. The predicted molar refractivity (Wildman–Crippen MR) is 279 cm³/mol. The van der Waals surface area contributed by atoms with Gasteiger partial charge in [-0.05, 0) is 122 Å². The highest BCUT2D eigenvalue weighted by atomic mass is 16.6. The van der Waals surface area contributed by atoms with E-state index in [1.165, 1.54) is 116 Å². The van der Waals surface area contributed by atoms with Crippen molar-refractivity contribution in [1.82, 2.24) is 0 Å². The summed E-state index contributed by atoms with van der Waals surface area (Å²) < 4.78 is 16.8. The number of esters is 3. The van der Waals surface area contributed by atoms with Crippen LogP contribution in [0.4, 0.5) is 0 Å². The smallest absolute Gasteiger partial charge is 0.306 e.